The minimum atomic E-state index is -3.05. The summed E-state index contributed by atoms with van der Waals surface area (Å²) in [5, 5.41) is 0. The molecular formula is C14H19NO3S. The number of likely N-dealkylation sites (tertiary alicyclic amines) is 1. The molecule has 2 rings (SSSR count). The Bertz CT molecular complexity index is 539. The summed E-state index contributed by atoms with van der Waals surface area (Å²) in [5.74, 6) is 0.277. The number of hydrogen-bond donors (Lipinski definition) is 0. The Hall–Kier alpha value is -1.36. The topological polar surface area (TPSA) is 54.5 Å². The highest BCUT2D eigenvalue weighted by Gasteiger charge is 2.33. The molecule has 0 N–H and O–H groups in total. The fourth-order valence-corrected chi connectivity index (χ4v) is 3.54. The third-order valence-electron chi connectivity index (χ3n) is 3.53. The van der Waals surface area contributed by atoms with Crippen molar-refractivity contribution in [2.24, 2.45) is 0 Å². The van der Waals surface area contributed by atoms with Crippen molar-refractivity contribution in [1.29, 1.82) is 0 Å². The highest BCUT2D eigenvalue weighted by molar-refractivity contribution is 7.91. The molecule has 1 aromatic rings. The number of hydrogen-bond acceptors (Lipinski definition) is 3. The van der Waals surface area contributed by atoms with E-state index >= 15 is 0 Å². The van der Waals surface area contributed by atoms with Crippen LogP contribution in [0.5, 0.6) is 0 Å². The van der Waals surface area contributed by atoms with Crippen molar-refractivity contribution in [3.8, 4) is 0 Å². The van der Waals surface area contributed by atoms with Gasteiger partial charge < -0.3 is 4.90 Å². The van der Waals surface area contributed by atoms with Crippen molar-refractivity contribution in [2.45, 2.75) is 32.4 Å². The first-order valence-electron chi connectivity index (χ1n) is 6.55. The maximum Gasteiger partial charge on any atom is 0.223 e. The Labute approximate surface area is 114 Å². The van der Waals surface area contributed by atoms with E-state index in [1.807, 2.05) is 30.3 Å². The second-order valence-corrected chi connectivity index (χ2v) is 7.30. The minimum absolute atomic E-state index is 0.0557. The zero-order chi connectivity index (χ0) is 13.9. The summed E-state index contributed by atoms with van der Waals surface area (Å²) in [6, 6.07) is 9.52. The van der Waals surface area contributed by atoms with Crippen LogP contribution in [0, 0.1) is 0 Å². The van der Waals surface area contributed by atoms with Gasteiger partial charge in [-0.25, -0.2) is 8.42 Å². The maximum absolute atomic E-state index is 11.9. The SMILES string of the molecule is CCS(=O)(=O)CC1CCC(=O)N1Cc1ccccc1. The van der Waals surface area contributed by atoms with Gasteiger partial charge in [-0.15, -0.1) is 0 Å². The van der Waals surface area contributed by atoms with Crippen molar-refractivity contribution in [3.63, 3.8) is 0 Å². The van der Waals surface area contributed by atoms with Crippen molar-refractivity contribution in [1.82, 2.24) is 4.90 Å². The molecule has 1 amide bonds. The van der Waals surface area contributed by atoms with Gasteiger partial charge in [-0.2, -0.15) is 0 Å². The van der Waals surface area contributed by atoms with E-state index in [0.717, 1.165) is 5.56 Å². The van der Waals surface area contributed by atoms with Gasteiger partial charge in [-0.1, -0.05) is 37.3 Å². The van der Waals surface area contributed by atoms with Crippen molar-refractivity contribution < 1.29 is 13.2 Å². The summed E-state index contributed by atoms with van der Waals surface area (Å²) < 4.78 is 23.4. The van der Waals surface area contributed by atoms with Gasteiger partial charge in [0.05, 0.1) is 5.75 Å². The second kappa shape index (κ2) is 5.74. The second-order valence-electron chi connectivity index (χ2n) is 4.90. The van der Waals surface area contributed by atoms with Crippen LogP contribution in [0.1, 0.15) is 25.3 Å². The Morgan fingerprint density at radius 1 is 1.26 bits per heavy atom. The van der Waals surface area contributed by atoms with E-state index in [4.69, 9.17) is 0 Å². The van der Waals surface area contributed by atoms with Crippen LogP contribution >= 0.6 is 0 Å². The molecule has 1 atom stereocenters. The van der Waals surface area contributed by atoms with Gasteiger partial charge in [-0.3, -0.25) is 4.79 Å². The van der Waals surface area contributed by atoms with Crippen LogP contribution in [0.4, 0.5) is 0 Å². The highest BCUT2D eigenvalue weighted by atomic mass is 32.2. The third kappa shape index (κ3) is 3.56. The molecule has 1 saturated heterocycles. The van der Waals surface area contributed by atoms with Gasteiger partial charge >= 0.3 is 0 Å². The molecule has 1 aromatic carbocycles. The summed E-state index contributed by atoms with van der Waals surface area (Å²) in [4.78, 5) is 13.6. The lowest BCUT2D eigenvalue weighted by Crippen LogP contribution is -2.37. The first-order chi connectivity index (χ1) is 9.02. The molecule has 0 bridgehead atoms. The lowest BCUT2D eigenvalue weighted by Gasteiger charge is -2.24. The molecule has 1 fully saturated rings. The van der Waals surface area contributed by atoms with Gasteiger partial charge in [0, 0.05) is 24.8 Å². The van der Waals surface area contributed by atoms with E-state index in [2.05, 4.69) is 0 Å². The van der Waals surface area contributed by atoms with Gasteiger partial charge in [0.1, 0.15) is 0 Å². The van der Waals surface area contributed by atoms with Gasteiger partial charge in [-0.05, 0) is 12.0 Å². The summed E-state index contributed by atoms with van der Waals surface area (Å²) in [5.41, 5.74) is 1.04. The number of amides is 1. The van der Waals surface area contributed by atoms with E-state index in [-0.39, 0.29) is 23.5 Å². The number of benzene rings is 1. The molecular weight excluding hydrogens is 262 g/mol. The average Bonchev–Trinajstić information content (AvgIpc) is 2.72. The van der Waals surface area contributed by atoms with Crippen LogP contribution in [-0.2, 0) is 21.2 Å². The number of rotatable bonds is 5. The molecule has 1 unspecified atom stereocenters. The van der Waals surface area contributed by atoms with Crippen LogP contribution in [-0.4, -0.2) is 36.8 Å². The van der Waals surface area contributed by atoms with Crippen LogP contribution in [0.3, 0.4) is 0 Å². The first kappa shape index (κ1) is 14.1. The minimum Gasteiger partial charge on any atom is -0.334 e. The van der Waals surface area contributed by atoms with Crippen molar-refractivity contribution in [3.05, 3.63) is 35.9 Å². The molecule has 1 aliphatic heterocycles. The fourth-order valence-electron chi connectivity index (χ4n) is 2.37. The Morgan fingerprint density at radius 2 is 1.95 bits per heavy atom. The predicted molar refractivity (Wildman–Crippen MR) is 74.3 cm³/mol. The summed E-state index contributed by atoms with van der Waals surface area (Å²) in [7, 11) is -3.05. The van der Waals surface area contributed by atoms with Crippen LogP contribution in [0.25, 0.3) is 0 Å². The van der Waals surface area contributed by atoms with E-state index in [1.165, 1.54) is 0 Å². The van der Waals surface area contributed by atoms with Gasteiger partial charge in [0.2, 0.25) is 5.91 Å². The number of nitrogens with zero attached hydrogens (tertiary/aromatic N) is 1. The average molecular weight is 281 g/mol. The number of carbonyl (C=O) groups is 1. The molecule has 0 spiro atoms. The zero-order valence-electron chi connectivity index (χ0n) is 11.1. The molecule has 0 saturated carbocycles. The Kier molecular flexibility index (Phi) is 4.24. The summed E-state index contributed by atoms with van der Waals surface area (Å²) >= 11 is 0. The largest absolute Gasteiger partial charge is 0.334 e. The molecule has 19 heavy (non-hydrogen) atoms. The van der Waals surface area contributed by atoms with E-state index in [1.54, 1.807) is 11.8 Å². The lowest BCUT2D eigenvalue weighted by atomic mass is 10.2. The zero-order valence-corrected chi connectivity index (χ0v) is 11.9. The molecule has 0 radical (unpaired) electrons. The number of carbonyl (C=O) groups excluding carboxylic acids is 1. The number of sulfone groups is 1. The third-order valence-corrected chi connectivity index (χ3v) is 5.31. The molecule has 0 aliphatic carbocycles. The molecule has 1 heterocycles. The Balaban J connectivity index is 2.10. The fraction of sp³-hybridized carbons (Fsp3) is 0.500. The van der Waals surface area contributed by atoms with Gasteiger partial charge in [0.25, 0.3) is 0 Å². The van der Waals surface area contributed by atoms with E-state index in [9.17, 15) is 13.2 Å². The smallest absolute Gasteiger partial charge is 0.223 e. The van der Waals surface area contributed by atoms with Gasteiger partial charge in [0.15, 0.2) is 9.84 Å². The summed E-state index contributed by atoms with van der Waals surface area (Å²) in [6.07, 6.45) is 1.10. The van der Waals surface area contributed by atoms with E-state index in [0.29, 0.717) is 19.4 Å². The lowest BCUT2D eigenvalue weighted by molar-refractivity contribution is -0.129. The van der Waals surface area contributed by atoms with E-state index < -0.39 is 9.84 Å². The molecule has 0 aromatic heterocycles. The highest BCUT2D eigenvalue weighted by Crippen LogP contribution is 2.22. The molecule has 4 nitrogen and oxygen atoms in total. The molecule has 104 valence electrons. The van der Waals surface area contributed by atoms with Crippen LogP contribution in [0.2, 0.25) is 0 Å². The normalized spacial score (nSPS) is 19.9. The predicted octanol–water partition coefficient (Wildman–Crippen LogP) is 1.61. The standard InChI is InChI=1S/C14H19NO3S/c1-2-19(17,18)11-13-8-9-14(16)15(13)10-12-6-4-3-5-7-12/h3-7,13H,2,8-11H2,1H3. The molecule has 5 heteroatoms. The van der Waals surface area contributed by atoms with Crippen LogP contribution in [0.15, 0.2) is 30.3 Å². The van der Waals surface area contributed by atoms with Crippen molar-refractivity contribution >= 4 is 15.7 Å². The molecule has 1 aliphatic rings. The first-order valence-corrected chi connectivity index (χ1v) is 8.38. The monoisotopic (exact) mass is 281 g/mol. The van der Waals surface area contributed by atoms with Crippen LogP contribution < -0.4 is 0 Å². The quantitative estimate of drug-likeness (QED) is 0.824. The Morgan fingerprint density at radius 3 is 2.58 bits per heavy atom. The maximum atomic E-state index is 11.9. The summed E-state index contributed by atoms with van der Waals surface area (Å²) in [6.45, 7) is 2.15. The van der Waals surface area contributed by atoms with Crippen molar-refractivity contribution in [2.75, 3.05) is 11.5 Å².